The molecule has 1 amide bonds. The lowest BCUT2D eigenvalue weighted by molar-refractivity contribution is -0.134. The zero-order valence-electron chi connectivity index (χ0n) is 12.3. The maximum absolute atomic E-state index is 12.0. The van der Waals surface area contributed by atoms with Gasteiger partial charge in [-0.3, -0.25) is 4.79 Å². The highest BCUT2D eigenvalue weighted by molar-refractivity contribution is 5.85. The second kappa shape index (κ2) is 10.7. The monoisotopic (exact) mass is 313 g/mol. The van der Waals surface area contributed by atoms with Crippen molar-refractivity contribution < 1.29 is 4.79 Å². The molecular weight excluding hydrogens is 285 g/mol. The quantitative estimate of drug-likeness (QED) is 0.843. The number of hydrogen-bond donors (Lipinski definition) is 1. The molecular formula is C13H29Cl2N3O. The Morgan fingerprint density at radius 1 is 1.32 bits per heavy atom. The molecule has 0 saturated carbocycles. The van der Waals surface area contributed by atoms with Gasteiger partial charge in [0.05, 0.1) is 6.04 Å². The van der Waals surface area contributed by atoms with E-state index in [9.17, 15) is 4.79 Å². The van der Waals surface area contributed by atoms with Crippen molar-refractivity contribution in [1.82, 2.24) is 9.80 Å². The Balaban J connectivity index is 0. The third-order valence-electron chi connectivity index (χ3n) is 3.75. The molecule has 1 aliphatic heterocycles. The van der Waals surface area contributed by atoms with Crippen LogP contribution in [0, 0.1) is 0 Å². The summed E-state index contributed by atoms with van der Waals surface area (Å²) in [6.45, 7) is 7.57. The van der Waals surface area contributed by atoms with Crippen molar-refractivity contribution in [2.24, 2.45) is 5.73 Å². The van der Waals surface area contributed by atoms with Gasteiger partial charge in [-0.15, -0.1) is 24.8 Å². The molecule has 0 aromatic heterocycles. The fourth-order valence-corrected chi connectivity index (χ4v) is 2.46. The molecule has 0 bridgehead atoms. The first kappa shape index (κ1) is 21.3. The molecule has 19 heavy (non-hydrogen) atoms. The van der Waals surface area contributed by atoms with Crippen LogP contribution in [0.3, 0.4) is 0 Å². The standard InChI is InChI=1S/C13H27N3O.2ClH/c1-4-8-16-9-6-11(7-10-16)15(3)13(17)12(14)5-2;;/h11-12H,4-10,14H2,1-3H3;2*1H/t12-;;/m0../s1. The van der Waals surface area contributed by atoms with Crippen molar-refractivity contribution in [3.05, 3.63) is 0 Å². The fourth-order valence-electron chi connectivity index (χ4n) is 2.46. The molecule has 1 saturated heterocycles. The number of nitrogens with two attached hydrogens (primary N) is 1. The molecule has 1 rings (SSSR count). The lowest BCUT2D eigenvalue weighted by atomic mass is 10.0. The molecule has 0 aromatic carbocycles. The van der Waals surface area contributed by atoms with Gasteiger partial charge in [0.15, 0.2) is 0 Å². The Hall–Kier alpha value is -0.0300. The summed E-state index contributed by atoms with van der Waals surface area (Å²) >= 11 is 0. The fraction of sp³-hybridized carbons (Fsp3) is 0.923. The Labute approximate surface area is 129 Å². The van der Waals surface area contributed by atoms with Crippen LogP contribution in [0.2, 0.25) is 0 Å². The normalized spacial score (nSPS) is 18.1. The van der Waals surface area contributed by atoms with Crippen molar-refractivity contribution in [1.29, 1.82) is 0 Å². The highest BCUT2D eigenvalue weighted by Crippen LogP contribution is 2.16. The van der Waals surface area contributed by atoms with E-state index in [-0.39, 0.29) is 36.8 Å². The minimum Gasteiger partial charge on any atom is -0.341 e. The zero-order valence-corrected chi connectivity index (χ0v) is 13.9. The van der Waals surface area contributed by atoms with Crippen LogP contribution >= 0.6 is 24.8 Å². The van der Waals surface area contributed by atoms with Gasteiger partial charge < -0.3 is 15.5 Å². The van der Waals surface area contributed by atoms with Gasteiger partial charge >= 0.3 is 0 Å². The minimum absolute atomic E-state index is 0. The number of carbonyl (C=O) groups excluding carboxylic acids is 1. The number of carbonyl (C=O) groups is 1. The number of piperidine rings is 1. The van der Waals surface area contributed by atoms with E-state index in [1.54, 1.807) is 0 Å². The maximum atomic E-state index is 12.0. The lowest BCUT2D eigenvalue weighted by Crippen LogP contribution is -2.50. The van der Waals surface area contributed by atoms with Gasteiger partial charge in [0.1, 0.15) is 0 Å². The highest BCUT2D eigenvalue weighted by Gasteiger charge is 2.26. The molecule has 0 aliphatic carbocycles. The molecule has 2 N–H and O–H groups in total. The third-order valence-corrected chi connectivity index (χ3v) is 3.75. The molecule has 6 heteroatoms. The lowest BCUT2D eigenvalue weighted by Gasteiger charge is -2.37. The predicted molar refractivity (Wildman–Crippen MR) is 85.3 cm³/mol. The van der Waals surface area contributed by atoms with E-state index in [0.29, 0.717) is 6.04 Å². The summed E-state index contributed by atoms with van der Waals surface area (Å²) in [5, 5.41) is 0. The minimum atomic E-state index is -0.325. The Morgan fingerprint density at radius 3 is 2.26 bits per heavy atom. The molecule has 0 unspecified atom stereocenters. The van der Waals surface area contributed by atoms with Crippen LogP contribution in [-0.2, 0) is 4.79 Å². The topological polar surface area (TPSA) is 49.6 Å². The Kier molecular flexibility index (Phi) is 12.0. The molecule has 1 atom stereocenters. The molecule has 1 heterocycles. The summed E-state index contributed by atoms with van der Waals surface area (Å²) in [7, 11) is 1.90. The average molecular weight is 314 g/mol. The summed E-state index contributed by atoms with van der Waals surface area (Å²) in [6, 6.07) is 0.0573. The molecule has 1 fully saturated rings. The van der Waals surface area contributed by atoms with Gasteiger partial charge in [0, 0.05) is 26.2 Å². The van der Waals surface area contributed by atoms with Crippen LogP contribution in [0.25, 0.3) is 0 Å². The first-order chi connectivity index (χ1) is 8.10. The number of hydrogen-bond acceptors (Lipinski definition) is 3. The van der Waals surface area contributed by atoms with Gasteiger partial charge in [0.25, 0.3) is 0 Å². The summed E-state index contributed by atoms with van der Waals surface area (Å²) < 4.78 is 0. The Morgan fingerprint density at radius 2 is 1.84 bits per heavy atom. The number of nitrogens with zero attached hydrogens (tertiary/aromatic N) is 2. The van der Waals surface area contributed by atoms with E-state index in [0.717, 1.165) is 32.4 Å². The van der Waals surface area contributed by atoms with Crippen LogP contribution in [0.5, 0.6) is 0 Å². The highest BCUT2D eigenvalue weighted by atomic mass is 35.5. The van der Waals surface area contributed by atoms with Crippen LogP contribution < -0.4 is 5.73 Å². The molecule has 1 aliphatic rings. The largest absolute Gasteiger partial charge is 0.341 e. The van der Waals surface area contributed by atoms with E-state index < -0.39 is 0 Å². The first-order valence-corrected chi connectivity index (χ1v) is 6.84. The van der Waals surface area contributed by atoms with Crippen molar-refractivity contribution in [3.8, 4) is 0 Å². The molecule has 116 valence electrons. The van der Waals surface area contributed by atoms with E-state index in [1.165, 1.54) is 13.0 Å². The van der Waals surface area contributed by atoms with Gasteiger partial charge in [-0.2, -0.15) is 0 Å². The average Bonchev–Trinajstić information content (AvgIpc) is 2.37. The summed E-state index contributed by atoms with van der Waals surface area (Å²) in [5.74, 6) is 0.0986. The van der Waals surface area contributed by atoms with Gasteiger partial charge in [-0.05, 0) is 32.2 Å². The molecule has 0 spiro atoms. The van der Waals surface area contributed by atoms with Gasteiger partial charge in [0.2, 0.25) is 5.91 Å². The first-order valence-electron chi connectivity index (χ1n) is 6.84. The zero-order chi connectivity index (χ0) is 12.8. The van der Waals surface area contributed by atoms with Crippen molar-refractivity contribution in [3.63, 3.8) is 0 Å². The number of halogens is 2. The van der Waals surface area contributed by atoms with E-state index in [2.05, 4.69) is 11.8 Å². The second-order valence-electron chi connectivity index (χ2n) is 5.04. The molecule has 4 nitrogen and oxygen atoms in total. The van der Waals surface area contributed by atoms with Crippen molar-refractivity contribution in [2.45, 2.75) is 51.6 Å². The van der Waals surface area contributed by atoms with E-state index >= 15 is 0 Å². The number of rotatable bonds is 5. The molecule has 0 radical (unpaired) electrons. The SMILES string of the molecule is CCCN1CCC(N(C)C(=O)[C@@H](N)CC)CC1.Cl.Cl. The van der Waals surface area contributed by atoms with E-state index in [4.69, 9.17) is 5.73 Å². The summed E-state index contributed by atoms with van der Waals surface area (Å²) in [5.41, 5.74) is 5.80. The smallest absolute Gasteiger partial charge is 0.239 e. The number of likely N-dealkylation sites (tertiary alicyclic amines) is 1. The van der Waals surface area contributed by atoms with Crippen LogP contribution in [-0.4, -0.2) is 54.5 Å². The second-order valence-corrected chi connectivity index (χ2v) is 5.04. The Bertz CT molecular complexity index is 246. The summed E-state index contributed by atoms with van der Waals surface area (Å²) in [6.07, 6.45) is 4.09. The van der Waals surface area contributed by atoms with E-state index in [1.807, 2.05) is 18.9 Å². The van der Waals surface area contributed by atoms with Crippen LogP contribution in [0.15, 0.2) is 0 Å². The predicted octanol–water partition coefficient (Wildman–Crippen LogP) is 1.90. The maximum Gasteiger partial charge on any atom is 0.239 e. The number of likely N-dealkylation sites (N-methyl/N-ethyl adjacent to an activating group) is 1. The summed E-state index contributed by atoms with van der Waals surface area (Å²) in [4.78, 5) is 16.3. The van der Waals surface area contributed by atoms with Crippen molar-refractivity contribution in [2.75, 3.05) is 26.7 Å². The molecule has 0 aromatic rings. The number of amides is 1. The van der Waals surface area contributed by atoms with Crippen molar-refractivity contribution >= 4 is 30.7 Å². The van der Waals surface area contributed by atoms with Gasteiger partial charge in [-0.1, -0.05) is 13.8 Å². The van der Waals surface area contributed by atoms with Gasteiger partial charge in [-0.25, -0.2) is 0 Å². The van der Waals surface area contributed by atoms with Crippen LogP contribution in [0.1, 0.15) is 39.5 Å². The van der Waals surface area contributed by atoms with Crippen LogP contribution in [0.4, 0.5) is 0 Å². The third kappa shape index (κ3) is 6.30.